The van der Waals surface area contributed by atoms with Crippen molar-refractivity contribution in [2.45, 2.75) is 309 Å². The molecule has 0 aliphatic carbocycles. The number of hydrogen-bond acceptors (Lipinski definition) is 3. The van der Waals surface area contributed by atoms with Crippen LogP contribution in [0.1, 0.15) is 303 Å². The summed E-state index contributed by atoms with van der Waals surface area (Å²) in [5.74, 6) is -0.885. The number of unbranched alkanes of at least 4 members (excludes halogenated alkanes) is 40. The van der Waals surface area contributed by atoms with Crippen LogP contribution in [0.2, 0.25) is 0 Å². The third-order valence-electron chi connectivity index (χ3n) is 12.5. The standard InChI is InChI=1S/C51H103NO2.Li/c1-4-7-9-11-13-15-17-19-21-23-25-27-29-31-33-35-37-39-41-43-45-47-52(50(6-3)49-51(53)54)48-46-44-42-40-38-36-34-32-30-28-26-24-22-20-18-16-14-12-10-8-5-2;/h50H,4-49H2,1-3H3,(H,53,54);/q;+1/p-1. The summed E-state index contributed by atoms with van der Waals surface area (Å²) >= 11 is 0. The third-order valence-corrected chi connectivity index (χ3v) is 12.5. The predicted octanol–water partition coefficient (Wildman–Crippen LogP) is 13.6. The first-order valence-electron chi connectivity index (χ1n) is 25.6. The van der Waals surface area contributed by atoms with Crippen molar-refractivity contribution in [3.05, 3.63) is 0 Å². The van der Waals surface area contributed by atoms with Crippen LogP contribution in [0.25, 0.3) is 0 Å². The second-order valence-corrected chi connectivity index (χ2v) is 17.8. The fraction of sp³-hybridized carbons (Fsp3) is 0.980. The number of nitrogens with zero attached hydrogens (tertiary/aromatic N) is 1. The van der Waals surface area contributed by atoms with Crippen LogP contribution in [0.15, 0.2) is 0 Å². The minimum atomic E-state index is -0.885. The van der Waals surface area contributed by atoms with Gasteiger partial charge in [-0.2, -0.15) is 0 Å². The molecule has 0 radical (unpaired) electrons. The van der Waals surface area contributed by atoms with Crippen molar-refractivity contribution in [2.24, 2.45) is 0 Å². The van der Waals surface area contributed by atoms with Crippen LogP contribution >= 0.6 is 0 Å². The monoisotopic (exact) mass is 768 g/mol. The Bertz CT molecular complexity index is 656. The van der Waals surface area contributed by atoms with Crippen LogP contribution in [0.3, 0.4) is 0 Å². The van der Waals surface area contributed by atoms with Crippen LogP contribution in [-0.4, -0.2) is 30.0 Å². The molecule has 55 heavy (non-hydrogen) atoms. The van der Waals surface area contributed by atoms with E-state index in [1.54, 1.807) is 0 Å². The molecule has 0 N–H and O–H groups in total. The van der Waals surface area contributed by atoms with Crippen LogP contribution in [0, 0.1) is 0 Å². The average molecular weight is 768 g/mol. The van der Waals surface area contributed by atoms with E-state index in [1.165, 1.54) is 270 Å². The maximum absolute atomic E-state index is 11.5. The molecule has 3 nitrogen and oxygen atoms in total. The molecule has 0 aromatic carbocycles. The Morgan fingerprint density at radius 2 is 0.527 bits per heavy atom. The minimum absolute atomic E-state index is 0. The van der Waals surface area contributed by atoms with E-state index in [0.29, 0.717) is 0 Å². The molecule has 0 aromatic rings. The average Bonchev–Trinajstić information content (AvgIpc) is 3.17. The molecule has 0 rings (SSSR count). The quantitative estimate of drug-likeness (QED) is 0.0457. The van der Waals surface area contributed by atoms with E-state index in [-0.39, 0.29) is 31.3 Å². The number of carbonyl (C=O) groups is 1. The van der Waals surface area contributed by atoms with Crippen LogP contribution in [0.5, 0.6) is 0 Å². The SMILES string of the molecule is CCCCCCCCCCCCCCCCCCCCCCCN(CCCCCCCCCCCCCCCCCCCCCCC)C(CC)CC(=O)[O-].[Li+]. The zero-order valence-electron chi connectivity index (χ0n) is 38.9. The Hall–Kier alpha value is 0.0274. The van der Waals surface area contributed by atoms with E-state index in [2.05, 4.69) is 25.7 Å². The molecule has 0 amide bonds. The smallest absolute Gasteiger partial charge is 0.550 e. The topological polar surface area (TPSA) is 43.4 Å². The molecule has 1 atom stereocenters. The van der Waals surface area contributed by atoms with Crippen LogP contribution in [-0.2, 0) is 4.79 Å². The molecular formula is C51H102LiNO2. The van der Waals surface area contributed by atoms with E-state index in [4.69, 9.17) is 0 Å². The fourth-order valence-corrected chi connectivity index (χ4v) is 8.69. The van der Waals surface area contributed by atoms with Crippen molar-refractivity contribution in [3.63, 3.8) is 0 Å². The Morgan fingerprint density at radius 3 is 0.691 bits per heavy atom. The summed E-state index contributed by atoms with van der Waals surface area (Å²) in [6, 6.07) is 0.144. The molecule has 0 saturated heterocycles. The normalized spacial score (nSPS) is 12.1. The third kappa shape index (κ3) is 46.6. The van der Waals surface area contributed by atoms with Gasteiger partial charge in [0, 0.05) is 18.4 Å². The molecule has 0 aliphatic heterocycles. The molecular weight excluding hydrogens is 666 g/mol. The summed E-state index contributed by atoms with van der Waals surface area (Å²) in [5, 5.41) is 11.5. The first-order valence-corrected chi connectivity index (χ1v) is 25.6. The van der Waals surface area contributed by atoms with Crippen molar-refractivity contribution < 1.29 is 28.8 Å². The molecule has 324 valence electrons. The number of aliphatic carboxylic acids is 1. The molecule has 1 unspecified atom stereocenters. The maximum atomic E-state index is 11.5. The van der Waals surface area contributed by atoms with Gasteiger partial charge in [0.15, 0.2) is 0 Å². The van der Waals surface area contributed by atoms with Gasteiger partial charge in [0.05, 0.1) is 0 Å². The summed E-state index contributed by atoms with van der Waals surface area (Å²) in [7, 11) is 0. The van der Waals surface area contributed by atoms with Gasteiger partial charge in [0.2, 0.25) is 0 Å². The second-order valence-electron chi connectivity index (χ2n) is 17.8. The summed E-state index contributed by atoms with van der Waals surface area (Å²) in [6.07, 6.45) is 60.4. The number of carboxylic acids is 1. The van der Waals surface area contributed by atoms with Gasteiger partial charge >= 0.3 is 18.9 Å². The summed E-state index contributed by atoms with van der Waals surface area (Å²) in [5.41, 5.74) is 0. The van der Waals surface area contributed by atoms with Gasteiger partial charge in [-0.1, -0.05) is 278 Å². The Morgan fingerprint density at radius 1 is 0.345 bits per heavy atom. The molecule has 0 heterocycles. The Labute approximate surface area is 360 Å². The molecule has 0 aliphatic rings. The molecule has 0 bridgehead atoms. The van der Waals surface area contributed by atoms with Crippen molar-refractivity contribution in [1.82, 2.24) is 4.90 Å². The summed E-state index contributed by atoms with van der Waals surface area (Å²) < 4.78 is 0. The zero-order chi connectivity index (χ0) is 39.3. The van der Waals surface area contributed by atoms with Crippen LogP contribution in [0.4, 0.5) is 0 Å². The van der Waals surface area contributed by atoms with Crippen molar-refractivity contribution in [3.8, 4) is 0 Å². The van der Waals surface area contributed by atoms with Gasteiger partial charge < -0.3 is 14.8 Å². The van der Waals surface area contributed by atoms with Gasteiger partial charge in [-0.05, 0) is 32.4 Å². The van der Waals surface area contributed by atoms with E-state index in [9.17, 15) is 9.90 Å². The summed E-state index contributed by atoms with van der Waals surface area (Å²) in [6.45, 7) is 8.87. The van der Waals surface area contributed by atoms with Gasteiger partial charge in [0.25, 0.3) is 0 Å². The molecule has 0 spiro atoms. The van der Waals surface area contributed by atoms with Crippen molar-refractivity contribution >= 4 is 5.97 Å². The first kappa shape index (κ1) is 57.1. The van der Waals surface area contributed by atoms with Crippen molar-refractivity contribution in [2.75, 3.05) is 13.1 Å². The van der Waals surface area contributed by atoms with Gasteiger partial charge in [-0.15, -0.1) is 0 Å². The Kier molecular flexibility index (Phi) is 52.1. The molecule has 4 heteroatoms. The number of carboxylic acid groups (broad SMARTS) is 1. The fourth-order valence-electron chi connectivity index (χ4n) is 8.69. The van der Waals surface area contributed by atoms with Gasteiger partial charge in [0.1, 0.15) is 0 Å². The predicted molar refractivity (Wildman–Crippen MR) is 241 cm³/mol. The number of hydrogen-bond donors (Lipinski definition) is 0. The van der Waals surface area contributed by atoms with Crippen LogP contribution < -0.4 is 24.0 Å². The maximum Gasteiger partial charge on any atom is 1.00 e. The molecule has 0 saturated carbocycles. The number of carbonyl (C=O) groups excluding carboxylic acids is 1. The van der Waals surface area contributed by atoms with E-state index in [0.717, 1.165) is 19.5 Å². The molecule has 0 aromatic heterocycles. The van der Waals surface area contributed by atoms with Crippen molar-refractivity contribution in [1.29, 1.82) is 0 Å². The summed E-state index contributed by atoms with van der Waals surface area (Å²) in [4.78, 5) is 14.0. The zero-order valence-corrected chi connectivity index (χ0v) is 38.9. The Balaban J connectivity index is 0. The molecule has 0 fully saturated rings. The van der Waals surface area contributed by atoms with E-state index in [1.807, 2.05) is 0 Å². The van der Waals surface area contributed by atoms with E-state index < -0.39 is 5.97 Å². The minimum Gasteiger partial charge on any atom is -0.550 e. The first-order chi connectivity index (χ1) is 26.7. The number of rotatable bonds is 48. The van der Waals surface area contributed by atoms with E-state index >= 15 is 0 Å². The second kappa shape index (κ2) is 50.2. The largest absolute Gasteiger partial charge is 1.00 e. The van der Waals surface area contributed by atoms with Gasteiger partial charge in [-0.25, -0.2) is 0 Å². The van der Waals surface area contributed by atoms with Gasteiger partial charge in [-0.3, -0.25) is 0 Å².